The van der Waals surface area contributed by atoms with Crippen LogP contribution in [0.4, 0.5) is 10.6 Å². The number of benzene rings is 2. The highest BCUT2D eigenvalue weighted by molar-refractivity contribution is 6.13. The molecule has 164 valence electrons. The van der Waals surface area contributed by atoms with Gasteiger partial charge in [-0.3, -0.25) is 4.79 Å². The van der Waals surface area contributed by atoms with E-state index < -0.39 is 12.2 Å². The van der Waals surface area contributed by atoms with Crippen molar-refractivity contribution in [2.75, 3.05) is 11.4 Å². The van der Waals surface area contributed by atoms with Crippen molar-refractivity contribution in [2.24, 2.45) is 0 Å². The number of hydrogen-bond acceptors (Lipinski definition) is 6. The molecular formula is C26H21N3O4. The molecule has 3 heterocycles. The molecule has 1 aromatic heterocycles. The summed E-state index contributed by atoms with van der Waals surface area (Å²) in [6, 6.07) is 19.8. The Morgan fingerprint density at radius 1 is 1.09 bits per heavy atom. The van der Waals surface area contributed by atoms with Gasteiger partial charge in [0.1, 0.15) is 23.4 Å². The molecule has 0 saturated heterocycles. The predicted molar refractivity (Wildman–Crippen MR) is 123 cm³/mol. The number of para-hydroxylation sites is 2. The molecule has 7 nitrogen and oxygen atoms in total. The molecule has 0 bridgehead atoms. The highest BCUT2D eigenvalue weighted by atomic mass is 16.6. The molecular weight excluding hydrogens is 418 g/mol. The summed E-state index contributed by atoms with van der Waals surface area (Å²) < 4.78 is 11.4. The van der Waals surface area contributed by atoms with E-state index in [9.17, 15) is 9.59 Å². The fraction of sp³-hybridized carbons (Fsp3) is 0.115. The Morgan fingerprint density at radius 3 is 2.70 bits per heavy atom. The molecule has 33 heavy (non-hydrogen) atoms. The normalized spacial score (nSPS) is 16.6. The van der Waals surface area contributed by atoms with Crippen molar-refractivity contribution in [2.45, 2.75) is 13.0 Å². The summed E-state index contributed by atoms with van der Waals surface area (Å²) in [5.41, 5.74) is 2.67. The summed E-state index contributed by atoms with van der Waals surface area (Å²) in [5.74, 6) is 1.57. The van der Waals surface area contributed by atoms with E-state index in [0.29, 0.717) is 34.2 Å². The van der Waals surface area contributed by atoms with E-state index in [1.54, 1.807) is 48.8 Å². The first-order valence-electron chi connectivity index (χ1n) is 10.5. The largest absolute Gasteiger partial charge is 0.481 e. The van der Waals surface area contributed by atoms with Crippen molar-refractivity contribution in [3.63, 3.8) is 0 Å². The minimum Gasteiger partial charge on any atom is -0.481 e. The number of hydrogen-bond donors (Lipinski definition) is 1. The van der Waals surface area contributed by atoms with Gasteiger partial charge in [0, 0.05) is 18.1 Å². The third kappa shape index (κ3) is 4.08. The SMILES string of the molecule is Cc1cccnc1N1C=C2C(=O)c3ccccc3O[C@@H]2C=C1CNC(=O)Oc1ccccc1. The number of ether oxygens (including phenoxy) is 2. The number of aromatic nitrogens is 1. The molecule has 7 heteroatoms. The van der Waals surface area contributed by atoms with Gasteiger partial charge < -0.3 is 19.7 Å². The van der Waals surface area contributed by atoms with Crippen LogP contribution in [0.3, 0.4) is 0 Å². The molecule has 0 spiro atoms. The van der Waals surface area contributed by atoms with E-state index >= 15 is 0 Å². The smallest absolute Gasteiger partial charge is 0.412 e. The Bertz CT molecular complexity index is 1280. The minimum absolute atomic E-state index is 0.0906. The van der Waals surface area contributed by atoms with Crippen LogP contribution in [0, 0.1) is 6.92 Å². The molecule has 2 aromatic carbocycles. The van der Waals surface area contributed by atoms with Crippen molar-refractivity contribution in [1.82, 2.24) is 10.3 Å². The number of anilines is 1. The molecule has 2 aliphatic rings. The van der Waals surface area contributed by atoms with Crippen LogP contribution < -0.4 is 19.7 Å². The predicted octanol–water partition coefficient (Wildman–Crippen LogP) is 4.41. The maximum Gasteiger partial charge on any atom is 0.412 e. The molecule has 0 radical (unpaired) electrons. The van der Waals surface area contributed by atoms with E-state index in [2.05, 4.69) is 10.3 Å². The number of ketones is 1. The average Bonchev–Trinajstić information content (AvgIpc) is 2.84. The first-order valence-corrected chi connectivity index (χ1v) is 10.5. The van der Waals surface area contributed by atoms with E-state index in [1.165, 1.54) is 0 Å². The summed E-state index contributed by atoms with van der Waals surface area (Å²) in [4.78, 5) is 31.9. The number of amides is 1. The van der Waals surface area contributed by atoms with Gasteiger partial charge in [-0.15, -0.1) is 0 Å². The summed E-state index contributed by atoms with van der Waals surface area (Å²) in [6.45, 7) is 2.09. The van der Waals surface area contributed by atoms with E-state index in [1.807, 2.05) is 48.2 Å². The second-order valence-electron chi connectivity index (χ2n) is 7.68. The van der Waals surface area contributed by atoms with Gasteiger partial charge in [0.05, 0.1) is 17.7 Å². The Balaban J connectivity index is 1.44. The summed E-state index contributed by atoms with van der Waals surface area (Å²) in [5, 5.41) is 2.78. The number of pyridine rings is 1. The summed E-state index contributed by atoms with van der Waals surface area (Å²) >= 11 is 0. The Labute approximate surface area is 191 Å². The van der Waals surface area contributed by atoms with Crippen LogP contribution in [-0.2, 0) is 0 Å². The van der Waals surface area contributed by atoms with Crippen molar-refractivity contribution in [1.29, 1.82) is 0 Å². The van der Waals surface area contributed by atoms with Gasteiger partial charge in [0.15, 0.2) is 5.78 Å². The van der Waals surface area contributed by atoms with Crippen LogP contribution in [0.15, 0.2) is 96.5 Å². The highest BCUT2D eigenvalue weighted by Gasteiger charge is 2.35. The monoisotopic (exact) mass is 439 g/mol. The van der Waals surface area contributed by atoms with Gasteiger partial charge in [-0.25, -0.2) is 9.78 Å². The zero-order chi connectivity index (χ0) is 22.8. The van der Waals surface area contributed by atoms with Crippen LogP contribution >= 0.6 is 0 Å². The van der Waals surface area contributed by atoms with Gasteiger partial charge in [0.2, 0.25) is 0 Å². The molecule has 5 rings (SSSR count). The number of aryl methyl sites for hydroxylation is 1. The van der Waals surface area contributed by atoms with Gasteiger partial charge in [0.25, 0.3) is 0 Å². The first-order chi connectivity index (χ1) is 16.1. The number of carbonyl (C=O) groups is 2. The first kappa shape index (κ1) is 20.5. The Kier molecular flexibility index (Phi) is 5.36. The molecule has 1 atom stereocenters. The third-order valence-electron chi connectivity index (χ3n) is 5.45. The lowest BCUT2D eigenvalue weighted by Crippen LogP contribution is -2.40. The molecule has 0 unspecified atom stereocenters. The number of nitrogens with zero attached hydrogens (tertiary/aromatic N) is 2. The Hall–Kier alpha value is -4.39. The molecule has 2 aliphatic heterocycles. The fourth-order valence-electron chi connectivity index (χ4n) is 3.84. The lowest BCUT2D eigenvalue weighted by atomic mass is 9.93. The second-order valence-corrected chi connectivity index (χ2v) is 7.68. The number of Topliss-reactive ketones (excluding diaryl/α,β-unsaturated/α-hetero) is 1. The van der Waals surface area contributed by atoms with Crippen LogP contribution in [0.25, 0.3) is 0 Å². The van der Waals surface area contributed by atoms with E-state index in [-0.39, 0.29) is 12.3 Å². The van der Waals surface area contributed by atoms with Crippen LogP contribution in [0.5, 0.6) is 11.5 Å². The quantitative estimate of drug-likeness (QED) is 0.649. The number of nitrogens with one attached hydrogen (secondary N) is 1. The van der Waals surface area contributed by atoms with Crippen molar-refractivity contribution >= 4 is 17.7 Å². The Morgan fingerprint density at radius 2 is 1.88 bits per heavy atom. The molecule has 3 aromatic rings. The number of fused-ring (bicyclic) bond motifs is 2. The fourth-order valence-corrected chi connectivity index (χ4v) is 3.84. The average molecular weight is 439 g/mol. The van der Waals surface area contributed by atoms with Gasteiger partial charge in [-0.1, -0.05) is 36.4 Å². The molecule has 1 amide bonds. The highest BCUT2D eigenvalue weighted by Crippen LogP contribution is 2.36. The van der Waals surface area contributed by atoms with Crippen molar-refractivity contribution in [3.05, 3.63) is 108 Å². The van der Waals surface area contributed by atoms with Crippen LogP contribution in [0.1, 0.15) is 15.9 Å². The lowest BCUT2D eigenvalue weighted by Gasteiger charge is -2.34. The summed E-state index contributed by atoms with van der Waals surface area (Å²) in [6.07, 6.45) is 4.13. The van der Waals surface area contributed by atoms with Gasteiger partial charge >= 0.3 is 6.09 Å². The molecule has 1 N–H and O–H groups in total. The van der Waals surface area contributed by atoms with Crippen molar-refractivity contribution < 1.29 is 19.1 Å². The molecule has 0 aliphatic carbocycles. The topological polar surface area (TPSA) is 80.8 Å². The zero-order valence-electron chi connectivity index (χ0n) is 17.9. The minimum atomic E-state index is -0.583. The maximum absolute atomic E-state index is 13.2. The van der Waals surface area contributed by atoms with E-state index in [0.717, 1.165) is 5.56 Å². The van der Waals surface area contributed by atoms with Crippen LogP contribution in [-0.4, -0.2) is 29.5 Å². The molecule has 0 saturated carbocycles. The van der Waals surface area contributed by atoms with E-state index in [4.69, 9.17) is 9.47 Å². The van der Waals surface area contributed by atoms with Crippen molar-refractivity contribution in [3.8, 4) is 11.5 Å². The number of carbonyl (C=O) groups excluding carboxylic acids is 2. The third-order valence-corrected chi connectivity index (χ3v) is 5.45. The maximum atomic E-state index is 13.2. The standard InChI is InChI=1S/C26H21N3O4/c1-17-8-7-13-27-25(17)29-16-21-23(33-22-12-6-5-11-20(22)24(21)30)14-18(29)15-28-26(31)32-19-9-3-2-4-10-19/h2-14,16,23H,15H2,1H3,(H,28,31)/t23-/m1/s1. The van der Waals surface area contributed by atoms with Gasteiger partial charge in [-0.2, -0.15) is 0 Å². The summed E-state index contributed by atoms with van der Waals surface area (Å²) in [7, 11) is 0. The van der Waals surface area contributed by atoms with Gasteiger partial charge in [-0.05, 0) is 48.9 Å². The second kappa shape index (κ2) is 8.63. The molecule has 0 fully saturated rings. The van der Waals surface area contributed by atoms with Crippen LogP contribution in [0.2, 0.25) is 0 Å². The lowest BCUT2D eigenvalue weighted by molar-refractivity contribution is 0.0978. The number of rotatable bonds is 4. The zero-order valence-corrected chi connectivity index (χ0v) is 17.9.